The van der Waals surface area contributed by atoms with E-state index in [2.05, 4.69) is 15.5 Å². The molecule has 1 heterocycles. The number of aromatic nitrogens is 1. The molecule has 0 aliphatic heterocycles. The first kappa shape index (κ1) is 13.2. The van der Waals surface area contributed by atoms with Gasteiger partial charge in [0.25, 0.3) is 5.69 Å². The molecule has 2 aromatic rings. The van der Waals surface area contributed by atoms with Crippen molar-refractivity contribution >= 4 is 27.9 Å². The maximum absolute atomic E-state index is 10.9. The van der Waals surface area contributed by atoms with Crippen molar-refractivity contribution in [2.45, 2.75) is 13.8 Å². The van der Waals surface area contributed by atoms with Gasteiger partial charge in [0.05, 0.1) is 21.9 Å². The van der Waals surface area contributed by atoms with Gasteiger partial charge in [-0.3, -0.25) is 15.5 Å². The Morgan fingerprint density at radius 2 is 2.21 bits per heavy atom. The van der Waals surface area contributed by atoms with Crippen molar-refractivity contribution in [2.75, 3.05) is 5.43 Å². The number of benzene rings is 1. The number of nitro groups is 1. The quantitative estimate of drug-likeness (QED) is 0.528. The summed E-state index contributed by atoms with van der Waals surface area (Å²) in [6, 6.07) is 6.51. The van der Waals surface area contributed by atoms with Crippen LogP contribution in [0.25, 0.3) is 0 Å². The van der Waals surface area contributed by atoms with E-state index in [0.717, 1.165) is 5.69 Å². The average Bonchev–Trinajstić information content (AvgIpc) is 2.81. The molecule has 98 valence electrons. The molecular formula is C12H12N4O2S. The molecule has 7 heteroatoms. The van der Waals surface area contributed by atoms with Crippen molar-refractivity contribution < 1.29 is 4.92 Å². The maximum atomic E-state index is 10.9. The number of anilines is 1. The van der Waals surface area contributed by atoms with Crippen LogP contribution in [0.1, 0.15) is 18.2 Å². The Bertz CT molecular complexity index is 636. The molecular weight excluding hydrogens is 264 g/mol. The summed E-state index contributed by atoms with van der Waals surface area (Å²) in [7, 11) is 0. The Hall–Kier alpha value is -2.28. The van der Waals surface area contributed by atoms with Crippen LogP contribution in [-0.4, -0.2) is 15.6 Å². The van der Waals surface area contributed by atoms with Crippen LogP contribution in [0.15, 0.2) is 34.7 Å². The summed E-state index contributed by atoms with van der Waals surface area (Å²) >= 11 is 1.43. The van der Waals surface area contributed by atoms with Crippen molar-refractivity contribution in [3.63, 3.8) is 0 Å². The Balaban J connectivity index is 2.24. The second-order valence-corrected chi connectivity index (χ2v) is 4.74. The summed E-state index contributed by atoms with van der Waals surface area (Å²) in [4.78, 5) is 14.7. The summed E-state index contributed by atoms with van der Waals surface area (Å²) < 4.78 is 0. The van der Waals surface area contributed by atoms with E-state index in [4.69, 9.17) is 0 Å². The molecule has 0 bridgehead atoms. The molecule has 0 saturated carbocycles. The molecule has 1 aromatic carbocycles. The molecule has 19 heavy (non-hydrogen) atoms. The molecule has 1 N–H and O–H groups in total. The highest BCUT2D eigenvalue weighted by Gasteiger charge is 2.14. The first-order valence-electron chi connectivity index (χ1n) is 5.54. The molecule has 6 nitrogen and oxygen atoms in total. The lowest BCUT2D eigenvalue weighted by atomic mass is 10.1. The van der Waals surface area contributed by atoms with Crippen molar-refractivity contribution in [1.29, 1.82) is 0 Å². The van der Waals surface area contributed by atoms with Gasteiger partial charge in [-0.25, -0.2) is 4.98 Å². The first-order valence-corrected chi connectivity index (χ1v) is 6.42. The topological polar surface area (TPSA) is 80.4 Å². The monoisotopic (exact) mass is 276 g/mol. The fourth-order valence-corrected chi connectivity index (χ4v) is 2.17. The van der Waals surface area contributed by atoms with E-state index in [9.17, 15) is 10.1 Å². The van der Waals surface area contributed by atoms with E-state index in [0.29, 0.717) is 16.4 Å². The number of hydrogen-bond acceptors (Lipinski definition) is 6. The van der Waals surface area contributed by atoms with Crippen LogP contribution in [0.5, 0.6) is 0 Å². The SMILES string of the molecule is CC(=NNc1nc(C)cs1)c1ccccc1[N+](=O)[O-]. The third-order valence-corrected chi connectivity index (χ3v) is 3.29. The fraction of sp³-hybridized carbons (Fsp3) is 0.167. The molecule has 2 rings (SSSR count). The Morgan fingerprint density at radius 1 is 1.47 bits per heavy atom. The van der Waals surface area contributed by atoms with Gasteiger partial charge in [0.1, 0.15) is 0 Å². The van der Waals surface area contributed by atoms with Crippen LogP contribution in [0, 0.1) is 17.0 Å². The van der Waals surface area contributed by atoms with Crippen molar-refractivity contribution in [3.05, 3.63) is 51.0 Å². The summed E-state index contributed by atoms with van der Waals surface area (Å²) in [5, 5.41) is 17.6. The lowest BCUT2D eigenvalue weighted by Gasteiger charge is -2.02. The van der Waals surface area contributed by atoms with Gasteiger partial charge in [0.2, 0.25) is 5.13 Å². The van der Waals surface area contributed by atoms with Gasteiger partial charge < -0.3 is 0 Å². The van der Waals surface area contributed by atoms with Crippen LogP contribution >= 0.6 is 11.3 Å². The summed E-state index contributed by atoms with van der Waals surface area (Å²) in [5.74, 6) is 0. The van der Waals surface area contributed by atoms with E-state index in [-0.39, 0.29) is 5.69 Å². The number of nitrogens with one attached hydrogen (secondary N) is 1. The zero-order valence-corrected chi connectivity index (χ0v) is 11.3. The number of nitro benzene ring substituents is 1. The minimum Gasteiger partial charge on any atom is -0.258 e. The highest BCUT2D eigenvalue weighted by atomic mass is 32.1. The van der Waals surface area contributed by atoms with Gasteiger partial charge in [0.15, 0.2) is 0 Å². The van der Waals surface area contributed by atoms with Gasteiger partial charge in [-0.2, -0.15) is 5.10 Å². The molecule has 1 aromatic heterocycles. The molecule has 0 amide bonds. The fourth-order valence-electron chi connectivity index (χ4n) is 1.54. The molecule has 0 spiro atoms. The van der Waals surface area contributed by atoms with E-state index in [1.54, 1.807) is 25.1 Å². The van der Waals surface area contributed by atoms with Crippen LogP contribution < -0.4 is 5.43 Å². The van der Waals surface area contributed by atoms with E-state index < -0.39 is 4.92 Å². The van der Waals surface area contributed by atoms with Gasteiger partial charge in [0, 0.05) is 11.4 Å². The molecule has 0 fully saturated rings. The van der Waals surface area contributed by atoms with E-state index in [1.165, 1.54) is 17.4 Å². The Morgan fingerprint density at radius 3 is 2.84 bits per heavy atom. The number of thiazole rings is 1. The maximum Gasteiger partial charge on any atom is 0.278 e. The zero-order valence-electron chi connectivity index (χ0n) is 10.5. The van der Waals surface area contributed by atoms with Crippen LogP contribution in [0.3, 0.4) is 0 Å². The Labute approximate surface area is 114 Å². The Kier molecular flexibility index (Phi) is 3.86. The van der Waals surface area contributed by atoms with Gasteiger partial charge in [-0.05, 0) is 19.9 Å². The molecule has 0 aliphatic carbocycles. The molecule has 0 radical (unpaired) electrons. The zero-order chi connectivity index (χ0) is 13.8. The third kappa shape index (κ3) is 3.14. The van der Waals surface area contributed by atoms with E-state index in [1.807, 2.05) is 12.3 Å². The molecule has 0 saturated heterocycles. The molecule has 0 aliphatic rings. The lowest BCUT2D eigenvalue weighted by Crippen LogP contribution is -2.03. The number of hydrogen-bond donors (Lipinski definition) is 1. The predicted octanol–water partition coefficient (Wildman–Crippen LogP) is 3.20. The largest absolute Gasteiger partial charge is 0.278 e. The number of para-hydroxylation sites is 1. The third-order valence-electron chi connectivity index (χ3n) is 2.43. The average molecular weight is 276 g/mol. The van der Waals surface area contributed by atoms with Gasteiger partial charge in [-0.15, -0.1) is 11.3 Å². The standard InChI is InChI=1S/C12H12N4O2S/c1-8-7-19-12(13-8)15-14-9(2)10-5-3-4-6-11(10)16(17)18/h3-7H,1-2H3,(H,13,15). The van der Waals surface area contributed by atoms with Crippen molar-refractivity contribution in [2.24, 2.45) is 5.10 Å². The lowest BCUT2D eigenvalue weighted by molar-refractivity contribution is -0.385. The first-order chi connectivity index (χ1) is 9.08. The van der Waals surface area contributed by atoms with Crippen LogP contribution in [0.2, 0.25) is 0 Å². The highest BCUT2D eigenvalue weighted by molar-refractivity contribution is 7.13. The van der Waals surface area contributed by atoms with Crippen molar-refractivity contribution in [3.8, 4) is 0 Å². The summed E-state index contributed by atoms with van der Waals surface area (Å²) in [6.07, 6.45) is 0. The number of nitrogens with zero attached hydrogens (tertiary/aromatic N) is 3. The summed E-state index contributed by atoms with van der Waals surface area (Å²) in [6.45, 7) is 3.61. The molecule has 0 atom stereocenters. The van der Waals surface area contributed by atoms with Crippen LogP contribution in [-0.2, 0) is 0 Å². The number of aryl methyl sites for hydroxylation is 1. The molecule has 0 unspecified atom stereocenters. The highest BCUT2D eigenvalue weighted by Crippen LogP contribution is 2.19. The van der Waals surface area contributed by atoms with Crippen molar-refractivity contribution in [1.82, 2.24) is 4.98 Å². The van der Waals surface area contributed by atoms with E-state index >= 15 is 0 Å². The second kappa shape index (κ2) is 5.57. The minimum atomic E-state index is -0.415. The second-order valence-electron chi connectivity index (χ2n) is 3.88. The number of rotatable bonds is 4. The summed E-state index contributed by atoms with van der Waals surface area (Å²) in [5.41, 5.74) is 4.79. The van der Waals surface area contributed by atoms with Gasteiger partial charge in [-0.1, -0.05) is 12.1 Å². The number of hydrazone groups is 1. The smallest absolute Gasteiger partial charge is 0.258 e. The minimum absolute atomic E-state index is 0.0425. The predicted molar refractivity (Wildman–Crippen MR) is 75.8 cm³/mol. The van der Waals surface area contributed by atoms with Gasteiger partial charge >= 0.3 is 0 Å². The van der Waals surface area contributed by atoms with Crippen LogP contribution in [0.4, 0.5) is 10.8 Å². The normalized spacial score (nSPS) is 11.4.